The topological polar surface area (TPSA) is 0 Å². The molecule has 0 heterocycles. The number of benzene rings is 1. The van der Waals surface area contributed by atoms with E-state index in [2.05, 4.69) is 38.6 Å². The van der Waals surface area contributed by atoms with Gasteiger partial charge in [-0.2, -0.15) is 0 Å². The van der Waals surface area contributed by atoms with Gasteiger partial charge in [0.05, 0.1) is 0 Å². The van der Waals surface area contributed by atoms with E-state index >= 15 is 0 Å². The zero-order chi connectivity index (χ0) is 8.97. The number of hydrogen-bond acceptors (Lipinski definition) is 0. The van der Waals surface area contributed by atoms with Gasteiger partial charge in [-0.15, -0.1) is 0 Å². The molecule has 0 saturated heterocycles. The minimum Gasteiger partial charge on any atom is -0.0984 e. The highest BCUT2D eigenvalue weighted by Crippen LogP contribution is 2.17. The van der Waals surface area contributed by atoms with Crippen molar-refractivity contribution in [2.45, 2.75) is 26.7 Å². The Kier molecular flexibility index (Phi) is 3.09. The van der Waals surface area contributed by atoms with Crippen LogP contribution in [0, 0.1) is 0 Å². The van der Waals surface area contributed by atoms with Gasteiger partial charge >= 0.3 is 0 Å². The van der Waals surface area contributed by atoms with Gasteiger partial charge in [0.25, 0.3) is 0 Å². The molecule has 0 heteroatoms. The zero-order valence-electron chi connectivity index (χ0n) is 7.93. The Hall–Kier alpha value is -1.04. The van der Waals surface area contributed by atoms with Gasteiger partial charge in [-0.1, -0.05) is 44.7 Å². The molecule has 0 aromatic heterocycles. The largest absolute Gasteiger partial charge is 0.0984 e. The predicted octanol–water partition coefficient (Wildman–Crippen LogP) is 3.45. The van der Waals surface area contributed by atoms with Gasteiger partial charge in [0, 0.05) is 0 Å². The molecular formula is C12H16. The lowest BCUT2D eigenvalue weighted by Crippen LogP contribution is -1.92. The Morgan fingerprint density at radius 2 is 1.67 bits per heavy atom. The summed E-state index contributed by atoms with van der Waals surface area (Å²) in [5.74, 6) is 0. The summed E-state index contributed by atoms with van der Waals surface area (Å²) in [6, 6.07) is 6.48. The molecule has 1 rings (SSSR count). The predicted molar refractivity (Wildman–Crippen MR) is 55.3 cm³/mol. The summed E-state index contributed by atoms with van der Waals surface area (Å²) in [5, 5.41) is 0. The van der Waals surface area contributed by atoms with Gasteiger partial charge in [0.15, 0.2) is 0 Å². The lowest BCUT2D eigenvalue weighted by molar-refractivity contribution is 1.08. The second-order valence-corrected chi connectivity index (χ2v) is 2.90. The molecule has 0 fully saturated rings. The Balaban J connectivity index is 3.21. The van der Waals surface area contributed by atoms with Gasteiger partial charge in [-0.25, -0.2) is 0 Å². The van der Waals surface area contributed by atoms with Crippen LogP contribution in [0.25, 0.3) is 6.08 Å². The van der Waals surface area contributed by atoms with Crippen LogP contribution < -0.4 is 0 Å². The third-order valence-corrected chi connectivity index (χ3v) is 2.25. The van der Waals surface area contributed by atoms with Crippen molar-refractivity contribution in [3.8, 4) is 0 Å². The maximum absolute atomic E-state index is 3.85. The van der Waals surface area contributed by atoms with Crippen LogP contribution in [-0.2, 0) is 12.8 Å². The molecule has 0 amide bonds. The fraction of sp³-hybridized carbons (Fsp3) is 0.333. The maximum Gasteiger partial charge on any atom is -0.0199 e. The van der Waals surface area contributed by atoms with E-state index < -0.39 is 0 Å². The van der Waals surface area contributed by atoms with Crippen LogP contribution in [0.2, 0.25) is 0 Å². The lowest BCUT2D eigenvalue weighted by atomic mass is 9.98. The average Bonchev–Trinajstić information content (AvgIpc) is 2.16. The molecule has 0 bridgehead atoms. The molecule has 0 N–H and O–H groups in total. The minimum absolute atomic E-state index is 1.09. The van der Waals surface area contributed by atoms with Crippen LogP contribution in [-0.4, -0.2) is 0 Å². The summed E-state index contributed by atoms with van der Waals surface area (Å²) in [4.78, 5) is 0. The van der Waals surface area contributed by atoms with Gasteiger partial charge in [-0.05, 0) is 29.5 Å². The lowest BCUT2D eigenvalue weighted by Gasteiger charge is -2.07. The van der Waals surface area contributed by atoms with E-state index in [1.807, 2.05) is 6.08 Å². The van der Waals surface area contributed by atoms with Crippen molar-refractivity contribution in [1.29, 1.82) is 0 Å². The van der Waals surface area contributed by atoms with Crippen molar-refractivity contribution in [3.63, 3.8) is 0 Å². The molecule has 0 nitrogen and oxygen atoms in total. The summed E-state index contributed by atoms with van der Waals surface area (Å²) in [5.41, 5.74) is 4.15. The van der Waals surface area contributed by atoms with Crippen LogP contribution in [0.4, 0.5) is 0 Å². The van der Waals surface area contributed by atoms with E-state index in [0.29, 0.717) is 0 Å². The Bertz CT molecular complexity index is 249. The first kappa shape index (κ1) is 9.05. The number of rotatable bonds is 3. The van der Waals surface area contributed by atoms with E-state index in [9.17, 15) is 0 Å². The van der Waals surface area contributed by atoms with Crippen LogP contribution in [0.15, 0.2) is 24.8 Å². The fourth-order valence-electron chi connectivity index (χ4n) is 1.54. The molecule has 0 aliphatic carbocycles. The van der Waals surface area contributed by atoms with E-state index in [-0.39, 0.29) is 0 Å². The van der Waals surface area contributed by atoms with Crippen molar-refractivity contribution < 1.29 is 0 Å². The summed E-state index contributed by atoms with van der Waals surface area (Å²) >= 11 is 0. The summed E-state index contributed by atoms with van der Waals surface area (Å²) in [6.07, 6.45) is 4.15. The molecule has 0 radical (unpaired) electrons. The Morgan fingerprint density at radius 1 is 1.17 bits per heavy atom. The molecule has 0 aliphatic heterocycles. The fourth-order valence-corrected chi connectivity index (χ4v) is 1.54. The first-order valence-electron chi connectivity index (χ1n) is 4.56. The zero-order valence-corrected chi connectivity index (χ0v) is 7.93. The summed E-state index contributed by atoms with van der Waals surface area (Å²) < 4.78 is 0. The standard InChI is InChI=1S/C12H16/c1-4-10-8-7-9-11(5-2)12(10)6-3/h6-9H,3-5H2,1-2H3. The van der Waals surface area contributed by atoms with Crippen molar-refractivity contribution in [2.24, 2.45) is 0 Å². The van der Waals surface area contributed by atoms with Crippen molar-refractivity contribution >= 4 is 6.08 Å². The van der Waals surface area contributed by atoms with E-state index in [4.69, 9.17) is 0 Å². The quantitative estimate of drug-likeness (QED) is 0.635. The van der Waals surface area contributed by atoms with Gasteiger partial charge in [-0.3, -0.25) is 0 Å². The van der Waals surface area contributed by atoms with Crippen LogP contribution in [0.3, 0.4) is 0 Å². The van der Waals surface area contributed by atoms with E-state index in [1.165, 1.54) is 16.7 Å². The Labute approximate surface area is 74.9 Å². The van der Waals surface area contributed by atoms with Crippen LogP contribution in [0.5, 0.6) is 0 Å². The van der Waals surface area contributed by atoms with Crippen molar-refractivity contribution in [3.05, 3.63) is 41.5 Å². The monoisotopic (exact) mass is 160 g/mol. The molecule has 0 atom stereocenters. The molecule has 1 aromatic carbocycles. The first-order chi connectivity index (χ1) is 5.83. The van der Waals surface area contributed by atoms with E-state index in [1.54, 1.807) is 0 Å². The van der Waals surface area contributed by atoms with Gasteiger partial charge in [0.2, 0.25) is 0 Å². The molecular weight excluding hydrogens is 144 g/mol. The highest BCUT2D eigenvalue weighted by molar-refractivity contribution is 5.56. The maximum atomic E-state index is 3.85. The third kappa shape index (κ3) is 1.58. The second kappa shape index (κ2) is 4.10. The minimum atomic E-state index is 1.09. The molecule has 0 aliphatic rings. The molecule has 1 aromatic rings. The third-order valence-electron chi connectivity index (χ3n) is 2.25. The number of hydrogen-bond donors (Lipinski definition) is 0. The van der Waals surface area contributed by atoms with Crippen molar-refractivity contribution in [2.75, 3.05) is 0 Å². The van der Waals surface area contributed by atoms with Crippen LogP contribution >= 0.6 is 0 Å². The van der Waals surface area contributed by atoms with Gasteiger partial charge < -0.3 is 0 Å². The summed E-state index contributed by atoms with van der Waals surface area (Å²) in [7, 11) is 0. The normalized spacial score (nSPS) is 9.83. The van der Waals surface area contributed by atoms with E-state index in [0.717, 1.165) is 12.8 Å². The van der Waals surface area contributed by atoms with Crippen LogP contribution in [0.1, 0.15) is 30.5 Å². The molecule has 0 spiro atoms. The smallest absolute Gasteiger partial charge is 0.0199 e. The number of aryl methyl sites for hydroxylation is 2. The highest BCUT2D eigenvalue weighted by Gasteiger charge is 2.00. The molecule has 0 saturated carbocycles. The SMILES string of the molecule is C=Cc1c(CC)cccc1CC. The molecule has 64 valence electrons. The first-order valence-corrected chi connectivity index (χ1v) is 4.56. The highest BCUT2D eigenvalue weighted by atomic mass is 14.1. The van der Waals surface area contributed by atoms with Crippen molar-refractivity contribution in [1.82, 2.24) is 0 Å². The molecule has 12 heavy (non-hydrogen) atoms. The second-order valence-electron chi connectivity index (χ2n) is 2.90. The van der Waals surface area contributed by atoms with Gasteiger partial charge in [0.1, 0.15) is 0 Å². The average molecular weight is 160 g/mol. The Morgan fingerprint density at radius 3 is 2.00 bits per heavy atom. The molecule has 0 unspecified atom stereocenters. The summed E-state index contributed by atoms with van der Waals surface area (Å²) in [6.45, 7) is 8.21.